The van der Waals surface area contributed by atoms with Crippen molar-refractivity contribution in [3.05, 3.63) is 59.9 Å². The third-order valence-electron chi connectivity index (χ3n) is 3.31. The Kier molecular flexibility index (Phi) is 5.15. The van der Waals surface area contributed by atoms with E-state index in [4.69, 9.17) is 4.74 Å². The average molecular weight is 298 g/mol. The van der Waals surface area contributed by atoms with Crippen molar-refractivity contribution in [2.24, 2.45) is 0 Å². The first kappa shape index (κ1) is 16.0. The van der Waals surface area contributed by atoms with E-state index in [9.17, 15) is 4.79 Å². The van der Waals surface area contributed by atoms with Gasteiger partial charge in [-0.2, -0.15) is 0 Å². The molecule has 4 nitrogen and oxygen atoms in total. The Hall–Kier alpha value is -2.36. The Morgan fingerprint density at radius 2 is 1.91 bits per heavy atom. The Balaban J connectivity index is 1.84. The van der Waals surface area contributed by atoms with Crippen LogP contribution in [0.3, 0.4) is 0 Å². The molecule has 0 aliphatic heterocycles. The van der Waals surface area contributed by atoms with E-state index in [1.54, 1.807) is 12.4 Å². The second-order valence-corrected chi connectivity index (χ2v) is 6.20. The fraction of sp³-hybridized carbons (Fsp3) is 0.333. The Bertz CT molecular complexity index is 618. The van der Waals surface area contributed by atoms with Gasteiger partial charge in [0.2, 0.25) is 0 Å². The number of nitrogens with zero attached hydrogens (tertiary/aromatic N) is 1. The molecular formula is C18H22N2O2. The SMILES string of the molecule is CC(C)(C)c1cccc(OCC(=O)NCc2ccncc2)c1. The highest BCUT2D eigenvalue weighted by Crippen LogP contribution is 2.25. The van der Waals surface area contributed by atoms with Crippen molar-refractivity contribution in [2.75, 3.05) is 6.61 Å². The molecule has 1 N–H and O–H groups in total. The van der Waals surface area contributed by atoms with Gasteiger partial charge in [0.15, 0.2) is 6.61 Å². The van der Waals surface area contributed by atoms with E-state index < -0.39 is 0 Å². The lowest BCUT2D eigenvalue weighted by Crippen LogP contribution is -2.28. The molecule has 116 valence electrons. The number of amides is 1. The zero-order valence-electron chi connectivity index (χ0n) is 13.3. The van der Waals surface area contributed by atoms with Crippen molar-refractivity contribution in [2.45, 2.75) is 32.7 Å². The molecule has 1 amide bonds. The molecule has 0 aliphatic carbocycles. The van der Waals surface area contributed by atoms with Gasteiger partial charge in [-0.05, 0) is 40.8 Å². The molecule has 0 unspecified atom stereocenters. The van der Waals surface area contributed by atoms with Crippen LogP contribution in [0.1, 0.15) is 31.9 Å². The standard InChI is InChI=1S/C18H22N2O2/c1-18(2,3)15-5-4-6-16(11-15)22-13-17(21)20-12-14-7-9-19-10-8-14/h4-11H,12-13H2,1-3H3,(H,20,21). The molecule has 0 atom stereocenters. The fourth-order valence-corrected chi connectivity index (χ4v) is 1.95. The number of rotatable bonds is 5. The van der Waals surface area contributed by atoms with Crippen molar-refractivity contribution in [3.8, 4) is 5.75 Å². The second-order valence-electron chi connectivity index (χ2n) is 6.20. The first-order valence-corrected chi connectivity index (χ1v) is 7.34. The number of hydrogen-bond acceptors (Lipinski definition) is 3. The Morgan fingerprint density at radius 1 is 1.18 bits per heavy atom. The van der Waals surface area contributed by atoms with Gasteiger partial charge in [0.25, 0.3) is 5.91 Å². The molecule has 0 saturated heterocycles. The summed E-state index contributed by atoms with van der Waals surface area (Å²) < 4.78 is 5.57. The minimum atomic E-state index is -0.141. The maximum absolute atomic E-state index is 11.8. The van der Waals surface area contributed by atoms with Gasteiger partial charge < -0.3 is 10.1 Å². The van der Waals surface area contributed by atoms with Crippen LogP contribution < -0.4 is 10.1 Å². The summed E-state index contributed by atoms with van der Waals surface area (Å²) in [5, 5.41) is 2.82. The molecule has 1 heterocycles. The van der Waals surface area contributed by atoms with Gasteiger partial charge in [0.05, 0.1) is 0 Å². The predicted molar refractivity (Wildman–Crippen MR) is 86.7 cm³/mol. The van der Waals surface area contributed by atoms with Crippen LogP contribution >= 0.6 is 0 Å². The molecule has 0 saturated carbocycles. The smallest absolute Gasteiger partial charge is 0.258 e. The second kappa shape index (κ2) is 7.07. The average Bonchev–Trinajstić information content (AvgIpc) is 2.51. The highest BCUT2D eigenvalue weighted by Gasteiger charge is 2.14. The van der Waals surface area contributed by atoms with Gasteiger partial charge in [-0.1, -0.05) is 32.9 Å². The van der Waals surface area contributed by atoms with Crippen LogP contribution in [0.5, 0.6) is 5.75 Å². The van der Waals surface area contributed by atoms with Crippen LogP contribution in [0.2, 0.25) is 0 Å². The Morgan fingerprint density at radius 3 is 2.59 bits per heavy atom. The van der Waals surface area contributed by atoms with Gasteiger partial charge in [0.1, 0.15) is 5.75 Å². The summed E-state index contributed by atoms with van der Waals surface area (Å²) in [7, 11) is 0. The molecule has 2 aromatic rings. The summed E-state index contributed by atoms with van der Waals surface area (Å²) in [6.07, 6.45) is 3.41. The van der Waals surface area contributed by atoms with Crippen LogP contribution in [-0.4, -0.2) is 17.5 Å². The molecule has 2 rings (SSSR count). The number of carbonyl (C=O) groups excluding carboxylic acids is 1. The largest absolute Gasteiger partial charge is 0.484 e. The number of nitrogens with one attached hydrogen (secondary N) is 1. The molecule has 1 aromatic carbocycles. The zero-order chi connectivity index (χ0) is 16.0. The first-order chi connectivity index (χ1) is 10.4. The van der Waals surface area contributed by atoms with Gasteiger partial charge in [-0.25, -0.2) is 0 Å². The summed E-state index contributed by atoms with van der Waals surface area (Å²) in [6.45, 7) is 6.93. The van der Waals surface area contributed by atoms with E-state index >= 15 is 0 Å². The van der Waals surface area contributed by atoms with Crippen LogP contribution in [-0.2, 0) is 16.8 Å². The molecule has 4 heteroatoms. The summed E-state index contributed by atoms with van der Waals surface area (Å²) >= 11 is 0. The van der Waals surface area contributed by atoms with Crippen molar-refractivity contribution >= 4 is 5.91 Å². The van der Waals surface area contributed by atoms with E-state index in [2.05, 4.69) is 37.1 Å². The van der Waals surface area contributed by atoms with Gasteiger partial charge in [-0.3, -0.25) is 9.78 Å². The monoisotopic (exact) mass is 298 g/mol. The van der Waals surface area contributed by atoms with Gasteiger partial charge >= 0.3 is 0 Å². The number of pyridine rings is 1. The van der Waals surface area contributed by atoms with Crippen molar-refractivity contribution in [3.63, 3.8) is 0 Å². The van der Waals surface area contributed by atoms with E-state index in [1.807, 2.05) is 30.3 Å². The third kappa shape index (κ3) is 4.88. The van der Waals surface area contributed by atoms with E-state index in [-0.39, 0.29) is 17.9 Å². The molecule has 22 heavy (non-hydrogen) atoms. The quantitative estimate of drug-likeness (QED) is 0.923. The van der Waals surface area contributed by atoms with Crippen LogP contribution in [0.15, 0.2) is 48.8 Å². The zero-order valence-corrected chi connectivity index (χ0v) is 13.3. The minimum Gasteiger partial charge on any atom is -0.484 e. The lowest BCUT2D eigenvalue weighted by molar-refractivity contribution is -0.123. The molecule has 0 fully saturated rings. The third-order valence-corrected chi connectivity index (χ3v) is 3.31. The number of carbonyl (C=O) groups is 1. The molecule has 0 bridgehead atoms. The molecule has 0 radical (unpaired) electrons. The van der Waals surface area contributed by atoms with Gasteiger partial charge in [-0.15, -0.1) is 0 Å². The maximum Gasteiger partial charge on any atom is 0.258 e. The van der Waals surface area contributed by atoms with Crippen molar-refractivity contribution in [1.29, 1.82) is 0 Å². The number of ether oxygens (including phenoxy) is 1. The lowest BCUT2D eigenvalue weighted by Gasteiger charge is -2.19. The summed E-state index contributed by atoms with van der Waals surface area (Å²) in [4.78, 5) is 15.8. The molecule has 0 aliphatic rings. The summed E-state index contributed by atoms with van der Waals surface area (Å²) in [6, 6.07) is 11.6. The number of aromatic nitrogens is 1. The maximum atomic E-state index is 11.8. The number of hydrogen-bond donors (Lipinski definition) is 1. The molecule has 1 aromatic heterocycles. The summed E-state index contributed by atoms with van der Waals surface area (Å²) in [5.41, 5.74) is 2.25. The van der Waals surface area contributed by atoms with Crippen molar-refractivity contribution < 1.29 is 9.53 Å². The number of benzene rings is 1. The van der Waals surface area contributed by atoms with Crippen LogP contribution in [0, 0.1) is 0 Å². The fourth-order valence-electron chi connectivity index (χ4n) is 1.95. The van der Waals surface area contributed by atoms with Crippen molar-refractivity contribution in [1.82, 2.24) is 10.3 Å². The van der Waals surface area contributed by atoms with E-state index in [0.29, 0.717) is 12.3 Å². The molecule has 0 spiro atoms. The normalized spacial score (nSPS) is 11.0. The van der Waals surface area contributed by atoms with Crippen LogP contribution in [0.4, 0.5) is 0 Å². The van der Waals surface area contributed by atoms with Gasteiger partial charge in [0, 0.05) is 18.9 Å². The lowest BCUT2D eigenvalue weighted by atomic mass is 9.87. The van der Waals surface area contributed by atoms with E-state index in [1.165, 1.54) is 5.56 Å². The van der Waals surface area contributed by atoms with Crippen LogP contribution in [0.25, 0.3) is 0 Å². The first-order valence-electron chi connectivity index (χ1n) is 7.34. The minimum absolute atomic E-state index is 0.0126. The van der Waals surface area contributed by atoms with E-state index in [0.717, 1.165) is 5.56 Å². The highest BCUT2D eigenvalue weighted by molar-refractivity contribution is 5.77. The predicted octanol–water partition coefficient (Wildman–Crippen LogP) is 3.07. The topological polar surface area (TPSA) is 51.2 Å². The Labute approximate surface area is 131 Å². The summed E-state index contributed by atoms with van der Waals surface area (Å²) in [5.74, 6) is 0.574. The highest BCUT2D eigenvalue weighted by atomic mass is 16.5. The molecular weight excluding hydrogens is 276 g/mol.